The maximum absolute atomic E-state index is 12.0. The Morgan fingerprint density at radius 2 is 2.22 bits per heavy atom. The molecule has 0 amide bonds. The SMILES string of the molecule is CCC1CN2CC[C@H]1C[C@@H]2[C@@H](OC(C)=O)c1ccnc2ccc(OC)cc12. The third-order valence-corrected chi connectivity index (χ3v) is 6.39. The molecule has 0 aliphatic carbocycles. The van der Waals surface area contributed by atoms with Crippen LogP contribution in [0.15, 0.2) is 30.5 Å². The van der Waals surface area contributed by atoms with Crippen molar-refractivity contribution >= 4 is 16.9 Å². The van der Waals surface area contributed by atoms with Gasteiger partial charge in [0.25, 0.3) is 0 Å². The molecule has 0 spiro atoms. The van der Waals surface area contributed by atoms with E-state index in [1.165, 1.54) is 19.8 Å². The number of piperidine rings is 3. The highest BCUT2D eigenvalue weighted by atomic mass is 16.5. The Bertz CT molecular complexity index is 837. The van der Waals surface area contributed by atoms with Gasteiger partial charge in [-0.15, -0.1) is 0 Å². The summed E-state index contributed by atoms with van der Waals surface area (Å²) in [6, 6.07) is 8.10. The number of methoxy groups -OCH3 is 1. The van der Waals surface area contributed by atoms with Gasteiger partial charge in [0.15, 0.2) is 0 Å². The van der Waals surface area contributed by atoms with Gasteiger partial charge in [-0.05, 0) is 55.5 Å². The van der Waals surface area contributed by atoms with E-state index in [2.05, 4.69) is 16.8 Å². The van der Waals surface area contributed by atoms with Crippen molar-refractivity contribution in [3.8, 4) is 5.75 Å². The Hall–Kier alpha value is -2.14. The molecule has 2 aromatic rings. The summed E-state index contributed by atoms with van der Waals surface area (Å²) in [5, 5.41) is 0.998. The second kappa shape index (κ2) is 7.47. The number of carbonyl (C=O) groups excluding carboxylic acids is 1. The van der Waals surface area contributed by atoms with E-state index in [-0.39, 0.29) is 18.1 Å². The zero-order valence-electron chi connectivity index (χ0n) is 16.4. The molecule has 2 bridgehead atoms. The van der Waals surface area contributed by atoms with E-state index in [0.29, 0.717) is 0 Å². The Morgan fingerprint density at radius 3 is 2.89 bits per heavy atom. The number of pyridine rings is 1. The van der Waals surface area contributed by atoms with Gasteiger partial charge in [0.2, 0.25) is 0 Å². The predicted octanol–water partition coefficient (Wildman–Crippen LogP) is 3.97. The second-order valence-electron chi connectivity index (χ2n) is 7.83. The fourth-order valence-electron chi connectivity index (χ4n) is 5.01. The van der Waals surface area contributed by atoms with Crippen LogP contribution in [0.1, 0.15) is 44.8 Å². The van der Waals surface area contributed by atoms with Gasteiger partial charge in [0.1, 0.15) is 11.9 Å². The number of ether oxygens (including phenoxy) is 2. The molecule has 5 atom stereocenters. The minimum atomic E-state index is -0.277. The number of hydrogen-bond donors (Lipinski definition) is 0. The lowest BCUT2D eigenvalue weighted by molar-refractivity contribution is -0.155. The van der Waals surface area contributed by atoms with E-state index in [4.69, 9.17) is 9.47 Å². The largest absolute Gasteiger partial charge is 0.497 e. The lowest BCUT2D eigenvalue weighted by atomic mass is 9.72. The van der Waals surface area contributed by atoms with Crippen LogP contribution in [0.5, 0.6) is 5.75 Å². The van der Waals surface area contributed by atoms with Crippen LogP contribution < -0.4 is 4.74 Å². The highest BCUT2D eigenvalue weighted by Crippen LogP contribution is 2.44. The Labute approximate surface area is 160 Å². The number of fused-ring (bicyclic) bond motifs is 4. The van der Waals surface area contributed by atoms with Gasteiger partial charge in [-0.2, -0.15) is 0 Å². The first-order chi connectivity index (χ1) is 13.1. The van der Waals surface area contributed by atoms with Crippen LogP contribution in [0.2, 0.25) is 0 Å². The van der Waals surface area contributed by atoms with Crippen LogP contribution in [-0.4, -0.2) is 42.1 Å². The van der Waals surface area contributed by atoms with Gasteiger partial charge >= 0.3 is 5.97 Å². The molecule has 1 aromatic carbocycles. The summed E-state index contributed by atoms with van der Waals surface area (Å²) in [6.07, 6.45) is 5.10. The number of carbonyl (C=O) groups is 1. The van der Waals surface area contributed by atoms with E-state index in [1.807, 2.05) is 30.5 Å². The Morgan fingerprint density at radius 1 is 1.37 bits per heavy atom. The van der Waals surface area contributed by atoms with Gasteiger partial charge in [-0.3, -0.25) is 14.7 Å². The standard InChI is InChI=1S/C22H28N2O3/c1-4-15-13-24-10-8-16(15)11-21(24)22(27-14(2)25)18-7-9-23-20-6-5-17(26-3)12-19(18)20/h5-7,9,12,15-16,21-22H,4,8,10-11,13H2,1-3H3/t15?,16-,21+,22-/m0/s1. The van der Waals surface area contributed by atoms with Gasteiger partial charge in [0, 0.05) is 30.6 Å². The average molecular weight is 368 g/mol. The van der Waals surface area contributed by atoms with Crippen molar-refractivity contribution in [1.82, 2.24) is 9.88 Å². The number of benzene rings is 1. The van der Waals surface area contributed by atoms with E-state index in [1.54, 1.807) is 7.11 Å². The summed E-state index contributed by atoms with van der Waals surface area (Å²) >= 11 is 0. The van der Waals surface area contributed by atoms with Crippen LogP contribution in [0, 0.1) is 11.8 Å². The molecule has 2 unspecified atom stereocenters. The van der Waals surface area contributed by atoms with Crippen molar-refractivity contribution < 1.29 is 14.3 Å². The van der Waals surface area contributed by atoms with Crippen molar-refractivity contribution in [2.24, 2.45) is 11.8 Å². The summed E-state index contributed by atoms with van der Waals surface area (Å²) in [6.45, 7) is 5.99. The van der Waals surface area contributed by atoms with Gasteiger partial charge in [0.05, 0.1) is 18.7 Å². The molecule has 0 saturated carbocycles. The molecule has 4 heterocycles. The molecule has 5 nitrogen and oxygen atoms in total. The van der Waals surface area contributed by atoms with E-state index in [9.17, 15) is 4.79 Å². The molecule has 27 heavy (non-hydrogen) atoms. The summed E-state index contributed by atoms with van der Waals surface area (Å²) in [7, 11) is 1.66. The molecule has 3 aliphatic heterocycles. The summed E-state index contributed by atoms with van der Waals surface area (Å²) < 4.78 is 11.3. The molecule has 0 radical (unpaired) electrons. The zero-order valence-corrected chi connectivity index (χ0v) is 16.4. The number of aromatic nitrogens is 1. The quantitative estimate of drug-likeness (QED) is 0.748. The Balaban J connectivity index is 1.75. The lowest BCUT2D eigenvalue weighted by Crippen LogP contribution is -2.55. The van der Waals surface area contributed by atoms with Gasteiger partial charge in [-0.25, -0.2) is 0 Å². The van der Waals surface area contributed by atoms with Crippen LogP contribution in [0.25, 0.3) is 10.9 Å². The molecule has 0 N–H and O–H groups in total. The number of nitrogens with zero attached hydrogens (tertiary/aromatic N) is 2. The van der Waals surface area contributed by atoms with Crippen LogP contribution in [0.3, 0.4) is 0 Å². The van der Waals surface area contributed by atoms with Crippen molar-refractivity contribution in [3.05, 3.63) is 36.0 Å². The minimum Gasteiger partial charge on any atom is -0.497 e. The van der Waals surface area contributed by atoms with Crippen molar-refractivity contribution in [3.63, 3.8) is 0 Å². The highest BCUT2D eigenvalue weighted by molar-refractivity contribution is 5.84. The summed E-state index contributed by atoms with van der Waals surface area (Å²) in [5.74, 6) is 2.05. The van der Waals surface area contributed by atoms with Crippen LogP contribution in [0.4, 0.5) is 0 Å². The van der Waals surface area contributed by atoms with Gasteiger partial charge < -0.3 is 9.47 Å². The fourth-order valence-corrected chi connectivity index (χ4v) is 5.01. The predicted molar refractivity (Wildman–Crippen MR) is 105 cm³/mol. The minimum absolute atomic E-state index is 0.229. The third-order valence-electron chi connectivity index (χ3n) is 6.39. The highest BCUT2D eigenvalue weighted by Gasteiger charge is 2.44. The zero-order chi connectivity index (χ0) is 19.0. The first kappa shape index (κ1) is 18.2. The molecule has 3 fully saturated rings. The maximum Gasteiger partial charge on any atom is 0.303 e. The van der Waals surface area contributed by atoms with Crippen molar-refractivity contribution in [2.75, 3.05) is 20.2 Å². The molecular formula is C22H28N2O3. The summed E-state index contributed by atoms with van der Waals surface area (Å²) in [5.41, 5.74) is 1.92. The first-order valence-corrected chi connectivity index (χ1v) is 9.94. The van der Waals surface area contributed by atoms with Crippen LogP contribution >= 0.6 is 0 Å². The first-order valence-electron chi connectivity index (χ1n) is 9.94. The lowest BCUT2D eigenvalue weighted by Gasteiger charge is -2.51. The Kier molecular flexibility index (Phi) is 5.04. The van der Waals surface area contributed by atoms with Crippen molar-refractivity contribution in [2.45, 2.75) is 45.3 Å². The topological polar surface area (TPSA) is 51.7 Å². The monoisotopic (exact) mass is 368 g/mol. The molecule has 5 rings (SSSR count). The van der Waals surface area contributed by atoms with E-state index < -0.39 is 0 Å². The average Bonchev–Trinajstić information content (AvgIpc) is 2.71. The molecule has 3 saturated heterocycles. The number of hydrogen-bond acceptors (Lipinski definition) is 5. The molecule has 1 aromatic heterocycles. The number of rotatable bonds is 5. The molecule has 5 heteroatoms. The van der Waals surface area contributed by atoms with Gasteiger partial charge in [-0.1, -0.05) is 13.3 Å². The summed E-state index contributed by atoms with van der Waals surface area (Å²) in [4.78, 5) is 19.0. The molecule has 144 valence electrons. The second-order valence-corrected chi connectivity index (χ2v) is 7.83. The van der Waals surface area contributed by atoms with E-state index >= 15 is 0 Å². The smallest absolute Gasteiger partial charge is 0.303 e. The number of esters is 1. The third kappa shape index (κ3) is 3.41. The maximum atomic E-state index is 12.0. The van der Waals surface area contributed by atoms with Crippen LogP contribution in [-0.2, 0) is 9.53 Å². The normalized spacial score (nSPS) is 28.1. The molecule has 3 aliphatic rings. The molecular weight excluding hydrogens is 340 g/mol. The fraction of sp³-hybridized carbons (Fsp3) is 0.545. The van der Waals surface area contributed by atoms with Crippen molar-refractivity contribution in [1.29, 1.82) is 0 Å². The van der Waals surface area contributed by atoms with E-state index in [0.717, 1.165) is 53.6 Å².